The Bertz CT molecular complexity index is 517. The van der Waals surface area contributed by atoms with Gasteiger partial charge in [0.05, 0.1) is 7.11 Å². The lowest BCUT2D eigenvalue weighted by atomic mass is 9.71. The summed E-state index contributed by atoms with van der Waals surface area (Å²) >= 11 is 6.19. The highest BCUT2D eigenvalue weighted by Gasteiger charge is 2.32. The molecule has 0 unspecified atom stereocenters. The molecule has 3 N–H and O–H groups in total. The molecule has 0 saturated heterocycles. The third-order valence-corrected chi connectivity index (χ3v) is 5.00. The molecule has 0 atom stereocenters. The molecule has 0 bridgehead atoms. The van der Waals surface area contributed by atoms with E-state index in [1.807, 2.05) is 12.1 Å². The van der Waals surface area contributed by atoms with Crippen molar-refractivity contribution in [3.05, 3.63) is 28.8 Å². The van der Waals surface area contributed by atoms with Gasteiger partial charge >= 0.3 is 0 Å². The van der Waals surface area contributed by atoms with Crippen molar-refractivity contribution in [1.29, 1.82) is 0 Å². The highest BCUT2D eigenvalue weighted by Crippen LogP contribution is 2.38. The van der Waals surface area contributed by atoms with Crippen molar-refractivity contribution >= 4 is 29.9 Å². The fourth-order valence-corrected chi connectivity index (χ4v) is 3.48. The molecule has 6 heteroatoms. The van der Waals surface area contributed by atoms with E-state index in [4.69, 9.17) is 22.1 Å². The van der Waals surface area contributed by atoms with Gasteiger partial charge in [-0.25, -0.2) is 0 Å². The van der Waals surface area contributed by atoms with Gasteiger partial charge in [-0.1, -0.05) is 36.9 Å². The Labute approximate surface area is 149 Å². The number of rotatable bonds is 6. The molecule has 1 aliphatic rings. The summed E-state index contributed by atoms with van der Waals surface area (Å²) in [5.74, 6) is 0.730. The van der Waals surface area contributed by atoms with E-state index in [0.717, 1.165) is 18.4 Å². The SMILES string of the molecule is COc1cccc(Cl)c1CNC(=O)CC1(CN)CCCCC1.Cl. The normalized spacial score (nSPS) is 16.3. The van der Waals surface area contributed by atoms with Crippen molar-refractivity contribution in [2.24, 2.45) is 11.1 Å². The zero-order chi connectivity index (χ0) is 16.0. The van der Waals surface area contributed by atoms with Crippen molar-refractivity contribution in [1.82, 2.24) is 5.32 Å². The zero-order valence-corrected chi connectivity index (χ0v) is 15.1. The first-order valence-electron chi connectivity index (χ1n) is 7.88. The fourth-order valence-electron chi connectivity index (χ4n) is 3.25. The van der Waals surface area contributed by atoms with Gasteiger partial charge in [0.15, 0.2) is 0 Å². The fraction of sp³-hybridized carbons (Fsp3) is 0.588. The molecule has 2 rings (SSSR count). The molecular formula is C17H26Cl2N2O2. The van der Waals surface area contributed by atoms with Crippen LogP contribution in [0.5, 0.6) is 5.75 Å². The number of ether oxygens (including phenoxy) is 1. The second-order valence-electron chi connectivity index (χ2n) is 6.14. The highest BCUT2D eigenvalue weighted by atomic mass is 35.5. The summed E-state index contributed by atoms with van der Waals surface area (Å²) in [6.45, 7) is 0.957. The molecule has 1 aromatic rings. The third kappa shape index (κ3) is 5.27. The Morgan fingerprint density at radius 1 is 1.35 bits per heavy atom. The first-order chi connectivity index (χ1) is 10.6. The van der Waals surface area contributed by atoms with Crippen LogP contribution in [0.15, 0.2) is 18.2 Å². The van der Waals surface area contributed by atoms with E-state index in [1.165, 1.54) is 19.3 Å². The maximum Gasteiger partial charge on any atom is 0.220 e. The van der Waals surface area contributed by atoms with Crippen molar-refractivity contribution < 1.29 is 9.53 Å². The Morgan fingerprint density at radius 3 is 2.65 bits per heavy atom. The lowest BCUT2D eigenvalue weighted by Gasteiger charge is -2.35. The van der Waals surface area contributed by atoms with Crippen LogP contribution in [0.2, 0.25) is 5.02 Å². The van der Waals surface area contributed by atoms with Crippen LogP contribution in [-0.4, -0.2) is 19.6 Å². The van der Waals surface area contributed by atoms with Crippen molar-refractivity contribution in [3.63, 3.8) is 0 Å². The molecule has 1 aliphatic carbocycles. The number of amides is 1. The first-order valence-corrected chi connectivity index (χ1v) is 8.26. The Kier molecular flexibility index (Phi) is 8.17. The van der Waals surface area contributed by atoms with Gasteiger partial charge in [0.25, 0.3) is 0 Å². The first kappa shape index (κ1) is 20.1. The lowest BCUT2D eigenvalue weighted by molar-refractivity contribution is -0.124. The van der Waals surface area contributed by atoms with Crippen molar-refractivity contribution in [2.75, 3.05) is 13.7 Å². The number of nitrogens with one attached hydrogen (secondary N) is 1. The molecule has 0 aliphatic heterocycles. The molecule has 0 radical (unpaired) electrons. The highest BCUT2D eigenvalue weighted by molar-refractivity contribution is 6.31. The number of halogens is 2. The summed E-state index contributed by atoms with van der Waals surface area (Å²) in [6.07, 6.45) is 6.18. The summed E-state index contributed by atoms with van der Waals surface area (Å²) in [5, 5.41) is 3.56. The molecule has 1 amide bonds. The van der Waals surface area contributed by atoms with Crippen LogP contribution in [-0.2, 0) is 11.3 Å². The number of carbonyl (C=O) groups excluding carboxylic acids is 1. The maximum absolute atomic E-state index is 12.3. The van der Waals surface area contributed by atoms with Gasteiger partial charge in [0, 0.05) is 23.6 Å². The lowest BCUT2D eigenvalue weighted by Crippen LogP contribution is -2.38. The van der Waals surface area contributed by atoms with Crippen LogP contribution >= 0.6 is 24.0 Å². The van der Waals surface area contributed by atoms with Gasteiger partial charge in [-0.3, -0.25) is 4.79 Å². The third-order valence-electron chi connectivity index (χ3n) is 4.64. The number of hydrogen-bond donors (Lipinski definition) is 2. The van der Waals surface area contributed by atoms with E-state index < -0.39 is 0 Å². The van der Waals surface area contributed by atoms with Gasteiger partial charge < -0.3 is 15.8 Å². The number of hydrogen-bond acceptors (Lipinski definition) is 3. The number of benzene rings is 1. The van der Waals surface area contributed by atoms with E-state index in [2.05, 4.69) is 5.32 Å². The van der Waals surface area contributed by atoms with E-state index in [0.29, 0.717) is 30.3 Å². The Hall–Kier alpha value is -0.970. The largest absolute Gasteiger partial charge is 0.496 e. The molecule has 0 heterocycles. The minimum absolute atomic E-state index is 0. The summed E-state index contributed by atoms with van der Waals surface area (Å²) < 4.78 is 5.29. The molecule has 1 saturated carbocycles. The van der Waals surface area contributed by atoms with Gasteiger partial charge in [-0.2, -0.15) is 0 Å². The molecule has 4 nitrogen and oxygen atoms in total. The molecule has 0 spiro atoms. The van der Waals surface area contributed by atoms with Crippen LogP contribution in [0.4, 0.5) is 0 Å². The predicted molar refractivity (Wildman–Crippen MR) is 96.3 cm³/mol. The van der Waals surface area contributed by atoms with Gasteiger partial charge in [-0.15, -0.1) is 12.4 Å². The van der Waals surface area contributed by atoms with Gasteiger partial charge in [-0.05, 0) is 36.9 Å². The standard InChI is InChI=1S/C17H25ClN2O2.ClH/c1-22-15-7-5-6-14(18)13(15)11-20-16(21)10-17(12-19)8-3-2-4-9-17;/h5-7H,2-4,8-12,19H2,1H3,(H,20,21);1H. The number of nitrogens with two attached hydrogens (primary N) is 1. The van der Waals surface area contributed by atoms with Gasteiger partial charge in [0.2, 0.25) is 5.91 Å². The molecule has 130 valence electrons. The van der Waals surface area contributed by atoms with Crippen molar-refractivity contribution in [2.45, 2.75) is 45.1 Å². The topological polar surface area (TPSA) is 64.3 Å². The van der Waals surface area contributed by atoms with Crippen LogP contribution in [0, 0.1) is 5.41 Å². The maximum atomic E-state index is 12.3. The van der Waals surface area contributed by atoms with E-state index >= 15 is 0 Å². The quantitative estimate of drug-likeness (QED) is 0.812. The second kappa shape index (κ2) is 9.36. The van der Waals surface area contributed by atoms with E-state index in [-0.39, 0.29) is 23.7 Å². The number of methoxy groups -OCH3 is 1. The van der Waals surface area contributed by atoms with Crippen LogP contribution in [0.1, 0.15) is 44.1 Å². The minimum atomic E-state index is -0.0209. The average molecular weight is 361 g/mol. The molecule has 23 heavy (non-hydrogen) atoms. The minimum Gasteiger partial charge on any atom is -0.496 e. The summed E-state index contributed by atoms with van der Waals surface area (Å²) in [5.41, 5.74) is 6.73. The van der Waals surface area contributed by atoms with E-state index in [9.17, 15) is 4.79 Å². The predicted octanol–water partition coefficient (Wildman–Crippen LogP) is 3.69. The average Bonchev–Trinajstić information content (AvgIpc) is 2.54. The molecular weight excluding hydrogens is 335 g/mol. The number of carbonyl (C=O) groups is 1. The molecule has 1 aromatic carbocycles. The van der Waals surface area contributed by atoms with E-state index in [1.54, 1.807) is 13.2 Å². The molecule has 0 aromatic heterocycles. The Morgan fingerprint density at radius 2 is 2.04 bits per heavy atom. The monoisotopic (exact) mass is 360 g/mol. The summed E-state index contributed by atoms with van der Waals surface area (Å²) in [7, 11) is 1.60. The summed E-state index contributed by atoms with van der Waals surface area (Å²) in [4.78, 5) is 12.3. The van der Waals surface area contributed by atoms with Crippen LogP contribution in [0.3, 0.4) is 0 Å². The summed E-state index contributed by atoms with van der Waals surface area (Å²) in [6, 6.07) is 5.47. The molecule has 1 fully saturated rings. The Balaban J connectivity index is 0.00000264. The second-order valence-corrected chi connectivity index (χ2v) is 6.55. The van der Waals surface area contributed by atoms with Gasteiger partial charge in [0.1, 0.15) is 5.75 Å². The smallest absolute Gasteiger partial charge is 0.220 e. The zero-order valence-electron chi connectivity index (χ0n) is 13.6. The van der Waals surface area contributed by atoms with Crippen LogP contribution in [0.25, 0.3) is 0 Å². The van der Waals surface area contributed by atoms with Crippen LogP contribution < -0.4 is 15.8 Å². The van der Waals surface area contributed by atoms with Crippen molar-refractivity contribution in [3.8, 4) is 5.75 Å².